The zero-order chi connectivity index (χ0) is 24.7. The molecule has 1 aromatic heterocycles. The maximum atomic E-state index is 12.6. The molecule has 0 aliphatic rings. The molecule has 0 fully saturated rings. The predicted molar refractivity (Wildman–Crippen MR) is 131 cm³/mol. The number of ether oxygens (including phenoxy) is 2. The number of nitrogens with zero attached hydrogens (tertiary/aromatic N) is 2. The highest BCUT2D eigenvalue weighted by molar-refractivity contribution is 6.03. The molecule has 0 radical (unpaired) electrons. The number of esters is 2. The summed E-state index contributed by atoms with van der Waals surface area (Å²) in [4.78, 5) is 34.1. The second kappa shape index (κ2) is 11.9. The van der Waals surface area contributed by atoms with Gasteiger partial charge in [-0.05, 0) is 30.5 Å². The first-order valence-corrected chi connectivity index (χ1v) is 11.9. The van der Waals surface area contributed by atoms with Crippen LogP contribution in [-0.2, 0) is 14.3 Å². The van der Waals surface area contributed by atoms with Crippen molar-refractivity contribution in [3.63, 3.8) is 0 Å². The van der Waals surface area contributed by atoms with E-state index in [1.165, 1.54) is 27.1 Å². The van der Waals surface area contributed by atoms with E-state index in [9.17, 15) is 14.7 Å². The summed E-state index contributed by atoms with van der Waals surface area (Å²) in [5, 5.41) is 11.3. The summed E-state index contributed by atoms with van der Waals surface area (Å²) in [7, 11) is 2.66. The van der Waals surface area contributed by atoms with Crippen LogP contribution in [0.5, 0.6) is 0 Å². The molecule has 7 nitrogen and oxygen atoms in total. The number of fused-ring (bicyclic) bond motifs is 2. The maximum Gasteiger partial charge on any atom is 0.340 e. The average molecular weight is 467 g/mol. The standard InChI is InChI=1S/C27H34N2O5/c1-17(2)11-7-5-6-8-12-20(27(32)34-4)25(30)18-13-9-15-21-23(18)28-22-16-10-14-19(24(22)29-21)26(31)33-3/h9-10,13-17,20,25,30H,5-8,11-12H2,1-4H3. The van der Waals surface area contributed by atoms with Gasteiger partial charge in [0, 0.05) is 5.56 Å². The van der Waals surface area contributed by atoms with Gasteiger partial charge in [0.1, 0.15) is 5.52 Å². The van der Waals surface area contributed by atoms with Crippen molar-refractivity contribution in [3.8, 4) is 0 Å². The molecule has 2 atom stereocenters. The monoisotopic (exact) mass is 466 g/mol. The van der Waals surface area contributed by atoms with E-state index in [0.717, 1.165) is 19.3 Å². The topological polar surface area (TPSA) is 98.6 Å². The lowest BCUT2D eigenvalue weighted by molar-refractivity contribution is -0.150. The molecule has 34 heavy (non-hydrogen) atoms. The minimum Gasteiger partial charge on any atom is -0.469 e. The van der Waals surface area contributed by atoms with Crippen LogP contribution in [0.4, 0.5) is 0 Å². The number of aromatic nitrogens is 2. The van der Waals surface area contributed by atoms with Gasteiger partial charge in [-0.15, -0.1) is 0 Å². The summed E-state index contributed by atoms with van der Waals surface area (Å²) in [5.41, 5.74) is 2.80. The normalized spacial score (nSPS) is 13.2. The highest BCUT2D eigenvalue weighted by Crippen LogP contribution is 2.32. The van der Waals surface area contributed by atoms with Crippen molar-refractivity contribution in [1.29, 1.82) is 0 Å². The van der Waals surface area contributed by atoms with E-state index in [4.69, 9.17) is 14.5 Å². The largest absolute Gasteiger partial charge is 0.469 e. The minimum absolute atomic E-state index is 0.324. The molecule has 1 N–H and O–H groups in total. The molecule has 0 bridgehead atoms. The summed E-state index contributed by atoms with van der Waals surface area (Å²) < 4.78 is 9.88. The van der Waals surface area contributed by atoms with Crippen molar-refractivity contribution in [2.75, 3.05) is 14.2 Å². The number of para-hydroxylation sites is 2. The van der Waals surface area contributed by atoms with E-state index in [-0.39, 0.29) is 0 Å². The highest BCUT2D eigenvalue weighted by Gasteiger charge is 2.30. The summed E-state index contributed by atoms with van der Waals surface area (Å²) in [6, 6.07) is 10.4. The predicted octanol–water partition coefficient (Wildman–Crippen LogP) is 5.39. The number of benzene rings is 2. The van der Waals surface area contributed by atoms with Gasteiger partial charge in [0.05, 0.1) is 48.4 Å². The van der Waals surface area contributed by atoms with Crippen LogP contribution >= 0.6 is 0 Å². The number of unbranched alkanes of at least 4 members (excludes halogenated alkanes) is 3. The Morgan fingerprint density at radius 1 is 0.853 bits per heavy atom. The Kier molecular flexibility index (Phi) is 8.93. The molecule has 0 aliphatic heterocycles. The fraction of sp³-hybridized carbons (Fsp3) is 0.481. The van der Waals surface area contributed by atoms with Crippen molar-refractivity contribution in [2.24, 2.45) is 11.8 Å². The first-order chi connectivity index (χ1) is 16.4. The molecule has 3 rings (SSSR count). The van der Waals surface area contributed by atoms with Crippen molar-refractivity contribution >= 4 is 34.0 Å². The number of hydrogen-bond donors (Lipinski definition) is 1. The third kappa shape index (κ3) is 5.89. The van der Waals surface area contributed by atoms with Gasteiger partial charge in [-0.1, -0.05) is 64.2 Å². The zero-order valence-corrected chi connectivity index (χ0v) is 20.4. The van der Waals surface area contributed by atoms with Gasteiger partial charge < -0.3 is 14.6 Å². The summed E-state index contributed by atoms with van der Waals surface area (Å²) >= 11 is 0. The van der Waals surface area contributed by atoms with Crippen molar-refractivity contribution < 1.29 is 24.2 Å². The van der Waals surface area contributed by atoms with Crippen molar-refractivity contribution in [1.82, 2.24) is 9.97 Å². The van der Waals surface area contributed by atoms with Crippen LogP contribution < -0.4 is 0 Å². The Labute approximate surface area is 200 Å². The van der Waals surface area contributed by atoms with Gasteiger partial charge >= 0.3 is 11.9 Å². The van der Waals surface area contributed by atoms with E-state index in [2.05, 4.69) is 18.8 Å². The summed E-state index contributed by atoms with van der Waals surface area (Å²) in [6.07, 6.45) is 4.75. The lowest BCUT2D eigenvalue weighted by Gasteiger charge is -2.22. The number of hydrogen-bond acceptors (Lipinski definition) is 7. The molecule has 0 aliphatic carbocycles. The number of carbonyl (C=O) groups excluding carboxylic acids is 2. The summed E-state index contributed by atoms with van der Waals surface area (Å²) in [6.45, 7) is 4.44. The number of carbonyl (C=O) groups is 2. The molecule has 0 saturated heterocycles. The van der Waals surface area contributed by atoms with Crippen LogP contribution in [0.3, 0.4) is 0 Å². The molecule has 2 unspecified atom stereocenters. The molecule has 182 valence electrons. The van der Waals surface area contributed by atoms with Crippen LogP contribution in [0.2, 0.25) is 0 Å². The molecular weight excluding hydrogens is 432 g/mol. The van der Waals surface area contributed by atoms with Crippen LogP contribution in [0.1, 0.15) is 74.4 Å². The van der Waals surface area contributed by atoms with Crippen LogP contribution in [0, 0.1) is 11.8 Å². The number of rotatable bonds is 11. The number of aliphatic hydroxyl groups excluding tert-OH is 1. The maximum absolute atomic E-state index is 12.6. The Hall–Kier alpha value is -3.06. The minimum atomic E-state index is -1.08. The fourth-order valence-corrected chi connectivity index (χ4v) is 4.30. The van der Waals surface area contributed by atoms with E-state index in [1.54, 1.807) is 36.4 Å². The molecule has 2 aromatic carbocycles. The van der Waals surface area contributed by atoms with E-state index in [1.807, 2.05) is 0 Å². The van der Waals surface area contributed by atoms with E-state index < -0.39 is 24.0 Å². The van der Waals surface area contributed by atoms with E-state index in [0.29, 0.717) is 45.5 Å². The quantitative estimate of drug-likeness (QED) is 0.230. The van der Waals surface area contributed by atoms with Gasteiger partial charge in [0.15, 0.2) is 0 Å². The second-order valence-electron chi connectivity index (χ2n) is 9.06. The van der Waals surface area contributed by atoms with Crippen LogP contribution in [0.25, 0.3) is 22.1 Å². The third-order valence-electron chi connectivity index (χ3n) is 6.18. The second-order valence-corrected chi connectivity index (χ2v) is 9.06. The third-order valence-corrected chi connectivity index (χ3v) is 6.18. The summed E-state index contributed by atoms with van der Waals surface area (Å²) in [5.74, 6) is -0.931. The molecular formula is C27H34N2O5. The fourth-order valence-electron chi connectivity index (χ4n) is 4.30. The van der Waals surface area contributed by atoms with Crippen LogP contribution in [0.15, 0.2) is 36.4 Å². The SMILES string of the molecule is COC(=O)c1cccc2nc3c(C(O)C(CCCCCCC(C)C)C(=O)OC)cccc3nc12. The molecule has 7 heteroatoms. The van der Waals surface area contributed by atoms with Gasteiger partial charge in [0.2, 0.25) is 0 Å². The lowest BCUT2D eigenvalue weighted by Crippen LogP contribution is -2.24. The Bertz CT molecular complexity index is 1140. The van der Waals surface area contributed by atoms with Gasteiger partial charge in [0.25, 0.3) is 0 Å². The molecule has 0 spiro atoms. The van der Waals surface area contributed by atoms with Crippen molar-refractivity contribution in [3.05, 3.63) is 47.5 Å². The van der Waals surface area contributed by atoms with Gasteiger partial charge in [-0.25, -0.2) is 14.8 Å². The van der Waals surface area contributed by atoms with Crippen molar-refractivity contribution in [2.45, 2.75) is 58.5 Å². The Balaban J connectivity index is 1.89. The van der Waals surface area contributed by atoms with E-state index >= 15 is 0 Å². The van der Waals surface area contributed by atoms with Crippen LogP contribution in [-0.4, -0.2) is 41.2 Å². The van der Waals surface area contributed by atoms with Gasteiger partial charge in [-0.2, -0.15) is 0 Å². The Morgan fingerprint density at radius 3 is 2.12 bits per heavy atom. The average Bonchev–Trinajstić information content (AvgIpc) is 2.84. The smallest absolute Gasteiger partial charge is 0.340 e. The first-order valence-electron chi connectivity index (χ1n) is 11.9. The number of methoxy groups -OCH3 is 2. The Morgan fingerprint density at radius 2 is 1.47 bits per heavy atom. The molecule has 0 saturated carbocycles. The zero-order valence-electron chi connectivity index (χ0n) is 20.4. The highest BCUT2D eigenvalue weighted by atomic mass is 16.5. The number of aliphatic hydroxyl groups is 1. The molecule has 3 aromatic rings. The first kappa shape index (κ1) is 25.6. The molecule has 1 heterocycles. The molecule has 0 amide bonds. The van der Waals surface area contributed by atoms with Gasteiger partial charge in [-0.3, -0.25) is 4.79 Å². The lowest BCUT2D eigenvalue weighted by atomic mass is 9.89.